The molecule has 0 amide bonds. The normalized spacial score (nSPS) is 10.6. The van der Waals surface area contributed by atoms with E-state index >= 15 is 0 Å². The lowest BCUT2D eigenvalue weighted by Crippen LogP contribution is -2.10. The summed E-state index contributed by atoms with van der Waals surface area (Å²) in [5, 5.41) is 4.27. The van der Waals surface area contributed by atoms with Crippen LogP contribution in [0.2, 0.25) is 0 Å². The van der Waals surface area contributed by atoms with Gasteiger partial charge in [0.05, 0.1) is 5.69 Å². The van der Waals surface area contributed by atoms with Gasteiger partial charge in [-0.15, -0.1) is 5.10 Å². The van der Waals surface area contributed by atoms with E-state index in [-0.39, 0.29) is 12.4 Å². The predicted octanol–water partition coefficient (Wildman–Crippen LogP) is 2.17. The number of benzene rings is 1. The summed E-state index contributed by atoms with van der Waals surface area (Å²) in [7, 11) is 1.69. The summed E-state index contributed by atoms with van der Waals surface area (Å²) in [6.45, 7) is 1.41. The molecule has 0 bridgehead atoms. The highest BCUT2D eigenvalue weighted by atomic mass is 16.5. The fraction of sp³-hybridized carbons (Fsp3) is 0.176. The second-order valence-corrected chi connectivity index (χ2v) is 5.30. The third-order valence-corrected chi connectivity index (χ3v) is 3.51. The third-order valence-electron chi connectivity index (χ3n) is 3.51. The van der Waals surface area contributed by atoms with Gasteiger partial charge in [0.15, 0.2) is 18.2 Å². The van der Waals surface area contributed by atoms with E-state index in [1.807, 2.05) is 30.3 Å². The van der Waals surface area contributed by atoms with E-state index in [0.717, 1.165) is 5.69 Å². The molecule has 122 valence electrons. The SMILES string of the molecule is CC(=O)c1cc(C(=O)OCc2ncn(-c3ccccc3)n2)n(C)c1. The first-order chi connectivity index (χ1) is 11.5. The Labute approximate surface area is 138 Å². The molecule has 0 fully saturated rings. The lowest BCUT2D eigenvalue weighted by molar-refractivity contribution is 0.0451. The minimum absolute atomic E-state index is 0.0424. The molecule has 0 saturated heterocycles. The third kappa shape index (κ3) is 3.24. The summed E-state index contributed by atoms with van der Waals surface area (Å²) < 4.78 is 8.40. The highest BCUT2D eigenvalue weighted by Gasteiger charge is 2.16. The summed E-state index contributed by atoms with van der Waals surface area (Å²) in [5.41, 5.74) is 1.65. The number of Topliss-reactive ketones (excluding diaryl/α,β-unsaturated/α-hetero) is 1. The van der Waals surface area contributed by atoms with Crippen molar-refractivity contribution in [3.05, 3.63) is 66.0 Å². The Kier molecular flexibility index (Phi) is 4.24. The van der Waals surface area contributed by atoms with Crippen LogP contribution in [0.1, 0.15) is 33.6 Å². The van der Waals surface area contributed by atoms with Crippen molar-refractivity contribution >= 4 is 11.8 Å². The number of rotatable bonds is 5. The molecule has 2 aromatic heterocycles. The largest absolute Gasteiger partial charge is 0.453 e. The Bertz CT molecular complexity index is 880. The molecule has 3 rings (SSSR count). The number of aryl methyl sites for hydroxylation is 1. The van der Waals surface area contributed by atoms with Gasteiger partial charge in [0, 0.05) is 18.8 Å². The van der Waals surface area contributed by atoms with Gasteiger partial charge in [-0.25, -0.2) is 14.5 Å². The van der Waals surface area contributed by atoms with Crippen LogP contribution in [-0.2, 0) is 18.4 Å². The number of nitrogens with zero attached hydrogens (tertiary/aromatic N) is 4. The number of esters is 1. The van der Waals surface area contributed by atoms with Crippen molar-refractivity contribution in [1.82, 2.24) is 19.3 Å². The fourth-order valence-electron chi connectivity index (χ4n) is 2.23. The molecule has 3 aromatic rings. The van der Waals surface area contributed by atoms with Crippen molar-refractivity contribution in [3.8, 4) is 5.69 Å². The average Bonchev–Trinajstić information content (AvgIpc) is 3.20. The van der Waals surface area contributed by atoms with Gasteiger partial charge in [0.1, 0.15) is 12.0 Å². The van der Waals surface area contributed by atoms with Crippen molar-refractivity contribution in [2.45, 2.75) is 13.5 Å². The van der Waals surface area contributed by atoms with Crippen molar-refractivity contribution in [2.24, 2.45) is 7.05 Å². The maximum atomic E-state index is 12.1. The van der Waals surface area contributed by atoms with E-state index in [9.17, 15) is 9.59 Å². The van der Waals surface area contributed by atoms with Gasteiger partial charge >= 0.3 is 5.97 Å². The van der Waals surface area contributed by atoms with Gasteiger partial charge in [0.2, 0.25) is 0 Å². The van der Waals surface area contributed by atoms with E-state index in [0.29, 0.717) is 17.1 Å². The van der Waals surface area contributed by atoms with Gasteiger partial charge in [0.25, 0.3) is 0 Å². The molecular formula is C17H16N4O3. The van der Waals surface area contributed by atoms with Crippen LogP contribution in [-0.4, -0.2) is 31.1 Å². The smallest absolute Gasteiger partial charge is 0.355 e. The standard InChI is InChI=1S/C17H16N4O3/c1-12(22)13-8-15(20(2)9-13)17(23)24-10-16-18-11-21(19-16)14-6-4-3-5-7-14/h3-9,11H,10H2,1-2H3. The minimum Gasteiger partial charge on any atom is -0.453 e. The Hall–Kier alpha value is -3.22. The van der Waals surface area contributed by atoms with Crippen LogP contribution in [0.25, 0.3) is 5.69 Å². The Balaban J connectivity index is 1.67. The molecule has 1 aromatic carbocycles. The topological polar surface area (TPSA) is 79.0 Å². The highest BCUT2D eigenvalue weighted by molar-refractivity contribution is 5.97. The molecule has 7 nitrogen and oxygen atoms in total. The molecule has 0 N–H and O–H groups in total. The second kappa shape index (κ2) is 6.49. The molecule has 24 heavy (non-hydrogen) atoms. The van der Waals surface area contributed by atoms with Crippen LogP contribution >= 0.6 is 0 Å². The van der Waals surface area contributed by atoms with E-state index in [1.165, 1.54) is 13.0 Å². The van der Waals surface area contributed by atoms with Crippen LogP contribution in [0, 0.1) is 0 Å². The highest BCUT2D eigenvalue weighted by Crippen LogP contribution is 2.11. The average molecular weight is 324 g/mol. The summed E-state index contributed by atoms with van der Waals surface area (Å²) in [6, 6.07) is 11.0. The molecule has 0 aliphatic heterocycles. The van der Waals surface area contributed by atoms with Gasteiger partial charge in [-0.05, 0) is 25.1 Å². The van der Waals surface area contributed by atoms with Crippen LogP contribution in [0.3, 0.4) is 0 Å². The number of hydrogen-bond donors (Lipinski definition) is 0. The number of aromatic nitrogens is 4. The molecule has 0 radical (unpaired) electrons. The number of ketones is 1. The van der Waals surface area contributed by atoms with Gasteiger partial charge in [-0.3, -0.25) is 4.79 Å². The molecule has 0 unspecified atom stereocenters. The molecular weight excluding hydrogens is 308 g/mol. The molecule has 0 aliphatic rings. The maximum Gasteiger partial charge on any atom is 0.355 e. The first-order valence-corrected chi connectivity index (χ1v) is 7.35. The summed E-state index contributed by atoms with van der Waals surface area (Å²) >= 11 is 0. The maximum absolute atomic E-state index is 12.1. The van der Waals surface area contributed by atoms with E-state index < -0.39 is 5.97 Å². The lowest BCUT2D eigenvalue weighted by Gasteiger charge is -2.03. The van der Waals surface area contributed by atoms with Crippen molar-refractivity contribution < 1.29 is 14.3 Å². The zero-order valence-corrected chi connectivity index (χ0v) is 13.3. The zero-order valence-electron chi connectivity index (χ0n) is 13.3. The van der Waals surface area contributed by atoms with Crippen LogP contribution < -0.4 is 0 Å². The molecule has 2 heterocycles. The Morgan fingerprint density at radius 1 is 1.21 bits per heavy atom. The monoisotopic (exact) mass is 324 g/mol. The quantitative estimate of drug-likeness (QED) is 0.531. The first-order valence-electron chi connectivity index (χ1n) is 7.35. The van der Waals surface area contributed by atoms with Crippen LogP contribution in [0.5, 0.6) is 0 Å². The molecule has 7 heteroatoms. The molecule has 0 spiro atoms. The van der Waals surface area contributed by atoms with Crippen LogP contribution in [0.15, 0.2) is 48.9 Å². The first kappa shape index (κ1) is 15.7. The number of carbonyl (C=O) groups is 2. The van der Waals surface area contributed by atoms with Crippen LogP contribution in [0.4, 0.5) is 0 Å². The number of carbonyl (C=O) groups excluding carboxylic acids is 2. The van der Waals surface area contributed by atoms with Crippen molar-refractivity contribution in [3.63, 3.8) is 0 Å². The predicted molar refractivity (Wildman–Crippen MR) is 85.9 cm³/mol. The summed E-state index contributed by atoms with van der Waals surface area (Å²) in [6.07, 6.45) is 3.16. The Morgan fingerprint density at radius 2 is 1.96 bits per heavy atom. The number of para-hydroxylation sites is 1. The molecule has 0 saturated carbocycles. The summed E-state index contributed by atoms with van der Waals surface area (Å²) in [5.74, 6) is -0.234. The number of hydrogen-bond acceptors (Lipinski definition) is 5. The van der Waals surface area contributed by atoms with E-state index in [4.69, 9.17) is 4.74 Å². The fourth-order valence-corrected chi connectivity index (χ4v) is 2.23. The van der Waals surface area contributed by atoms with Gasteiger partial charge in [-0.2, -0.15) is 0 Å². The van der Waals surface area contributed by atoms with Gasteiger partial charge < -0.3 is 9.30 Å². The zero-order chi connectivity index (χ0) is 17.1. The summed E-state index contributed by atoms with van der Waals surface area (Å²) in [4.78, 5) is 27.6. The Morgan fingerprint density at radius 3 is 2.62 bits per heavy atom. The van der Waals surface area contributed by atoms with Gasteiger partial charge in [-0.1, -0.05) is 18.2 Å². The van der Waals surface area contributed by atoms with E-state index in [2.05, 4.69) is 10.1 Å². The van der Waals surface area contributed by atoms with Crippen molar-refractivity contribution in [1.29, 1.82) is 0 Å². The second-order valence-electron chi connectivity index (χ2n) is 5.30. The lowest BCUT2D eigenvalue weighted by atomic mass is 10.2. The number of ether oxygens (including phenoxy) is 1. The minimum atomic E-state index is -0.527. The van der Waals surface area contributed by atoms with E-state index in [1.54, 1.807) is 28.8 Å². The molecule has 0 atom stereocenters. The molecule has 0 aliphatic carbocycles. The van der Waals surface area contributed by atoms with Crippen molar-refractivity contribution in [2.75, 3.05) is 0 Å².